The Morgan fingerprint density at radius 2 is 1.93 bits per heavy atom. The number of H-pyrrole nitrogens is 1. The van der Waals surface area contributed by atoms with Gasteiger partial charge in [-0.25, -0.2) is 4.79 Å². The van der Waals surface area contributed by atoms with E-state index in [1.54, 1.807) is 6.07 Å². The number of hydrogen-bond donors (Lipinski definition) is 1. The van der Waals surface area contributed by atoms with Gasteiger partial charge in [0.05, 0.1) is 0 Å². The first-order valence-corrected chi connectivity index (χ1v) is 5.61. The highest BCUT2D eigenvalue weighted by atomic mass is 16.2. The Kier molecular flexibility index (Phi) is 1.84. The van der Waals surface area contributed by atoms with E-state index in [0.29, 0.717) is 5.92 Å². The Morgan fingerprint density at radius 3 is 2.40 bits per heavy atom. The van der Waals surface area contributed by atoms with Crippen LogP contribution in [0.25, 0.3) is 0 Å². The fraction of sp³-hybridized carbons (Fsp3) is 0.636. The standard InChI is InChI=1S/C11H14N2O2/c14-10-6-9(7-2-1-3-7)12-11(15)13(10)8-4-5-8/h6-8H,1-5H2,(H,12,15). The van der Waals surface area contributed by atoms with Crippen LogP contribution in [0.3, 0.4) is 0 Å². The van der Waals surface area contributed by atoms with Crippen molar-refractivity contribution in [3.8, 4) is 0 Å². The molecule has 2 aliphatic carbocycles. The smallest absolute Gasteiger partial charge is 0.311 e. The topological polar surface area (TPSA) is 54.9 Å². The average Bonchev–Trinajstić information content (AvgIpc) is 2.82. The number of hydrogen-bond acceptors (Lipinski definition) is 2. The highest BCUT2D eigenvalue weighted by Gasteiger charge is 2.28. The zero-order valence-electron chi connectivity index (χ0n) is 8.53. The summed E-state index contributed by atoms with van der Waals surface area (Å²) in [5.74, 6) is 0.416. The van der Waals surface area contributed by atoms with Crippen LogP contribution in [0.5, 0.6) is 0 Å². The Hall–Kier alpha value is -1.32. The van der Waals surface area contributed by atoms with Gasteiger partial charge in [0, 0.05) is 17.8 Å². The first kappa shape index (κ1) is 8.95. The van der Waals surface area contributed by atoms with Gasteiger partial charge < -0.3 is 4.98 Å². The third-order valence-corrected chi connectivity index (χ3v) is 3.44. The summed E-state index contributed by atoms with van der Waals surface area (Å²) < 4.78 is 1.36. The molecule has 0 aliphatic heterocycles. The molecule has 1 N–H and O–H groups in total. The quantitative estimate of drug-likeness (QED) is 0.788. The summed E-state index contributed by atoms with van der Waals surface area (Å²) in [5, 5.41) is 0. The number of nitrogens with one attached hydrogen (secondary N) is 1. The maximum atomic E-state index is 11.7. The van der Waals surface area contributed by atoms with Gasteiger partial charge >= 0.3 is 5.69 Å². The van der Waals surface area contributed by atoms with Gasteiger partial charge in [-0.2, -0.15) is 0 Å². The Balaban J connectivity index is 2.06. The van der Waals surface area contributed by atoms with Gasteiger partial charge in [0.2, 0.25) is 0 Å². The van der Waals surface area contributed by atoms with Crippen LogP contribution in [0.1, 0.15) is 49.8 Å². The van der Waals surface area contributed by atoms with E-state index in [1.807, 2.05) is 0 Å². The van der Waals surface area contributed by atoms with Crippen LogP contribution in [0.2, 0.25) is 0 Å². The molecule has 2 fully saturated rings. The van der Waals surface area contributed by atoms with Crippen LogP contribution < -0.4 is 11.2 Å². The van der Waals surface area contributed by atoms with Crippen molar-refractivity contribution in [2.75, 3.05) is 0 Å². The van der Waals surface area contributed by atoms with Gasteiger partial charge in [0.25, 0.3) is 5.56 Å². The van der Waals surface area contributed by atoms with Crippen LogP contribution in [-0.2, 0) is 0 Å². The molecular weight excluding hydrogens is 192 g/mol. The zero-order chi connectivity index (χ0) is 10.4. The summed E-state index contributed by atoms with van der Waals surface area (Å²) in [7, 11) is 0. The number of rotatable bonds is 2. The highest BCUT2D eigenvalue weighted by Crippen LogP contribution is 2.35. The lowest BCUT2D eigenvalue weighted by atomic mass is 9.83. The van der Waals surface area contributed by atoms with Gasteiger partial charge in [-0.3, -0.25) is 9.36 Å². The molecule has 1 aromatic heterocycles. The second kappa shape index (κ2) is 3.08. The molecule has 2 saturated carbocycles. The van der Waals surface area contributed by atoms with Crippen LogP contribution in [0, 0.1) is 0 Å². The van der Waals surface area contributed by atoms with Crippen molar-refractivity contribution in [3.63, 3.8) is 0 Å². The van der Waals surface area contributed by atoms with Crippen molar-refractivity contribution < 1.29 is 0 Å². The van der Waals surface area contributed by atoms with E-state index >= 15 is 0 Å². The average molecular weight is 206 g/mol. The monoisotopic (exact) mass is 206 g/mol. The highest BCUT2D eigenvalue weighted by molar-refractivity contribution is 5.10. The van der Waals surface area contributed by atoms with Crippen molar-refractivity contribution in [1.29, 1.82) is 0 Å². The summed E-state index contributed by atoms with van der Waals surface area (Å²) in [6, 6.07) is 1.78. The van der Waals surface area contributed by atoms with Crippen molar-refractivity contribution in [1.82, 2.24) is 9.55 Å². The molecule has 1 aromatic rings. The molecule has 0 bridgehead atoms. The fourth-order valence-corrected chi connectivity index (χ4v) is 2.14. The molecular formula is C11H14N2O2. The summed E-state index contributed by atoms with van der Waals surface area (Å²) in [6.45, 7) is 0. The van der Waals surface area contributed by atoms with Crippen molar-refractivity contribution in [2.45, 2.75) is 44.1 Å². The molecule has 3 rings (SSSR count). The molecule has 0 unspecified atom stereocenters. The van der Waals surface area contributed by atoms with Gasteiger partial charge in [0.1, 0.15) is 0 Å². The maximum absolute atomic E-state index is 11.7. The Labute approximate surface area is 86.9 Å². The lowest BCUT2D eigenvalue weighted by Crippen LogP contribution is -2.35. The first-order chi connectivity index (χ1) is 7.25. The summed E-state index contributed by atoms with van der Waals surface area (Å²) in [5.41, 5.74) is 0.503. The van der Waals surface area contributed by atoms with E-state index in [0.717, 1.165) is 31.4 Å². The molecule has 15 heavy (non-hydrogen) atoms. The SMILES string of the molecule is O=c1cc(C2CCC2)[nH]c(=O)n1C1CC1. The summed E-state index contributed by atoms with van der Waals surface area (Å²) in [6.07, 6.45) is 5.33. The Morgan fingerprint density at radius 1 is 1.20 bits per heavy atom. The van der Waals surface area contributed by atoms with Crippen molar-refractivity contribution in [2.24, 2.45) is 0 Å². The van der Waals surface area contributed by atoms with Gasteiger partial charge in [-0.05, 0) is 31.6 Å². The van der Waals surface area contributed by atoms with E-state index < -0.39 is 0 Å². The predicted octanol–water partition coefficient (Wildman–Crippen LogP) is 1.14. The second-order valence-corrected chi connectivity index (χ2v) is 4.60. The molecule has 0 amide bonds. The third kappa shape index (κ3) is 1.44. The van der Waals surface area contributed by atoms with E-state index in [-0.39, 0.29) is 17.3 Å². The first-order valence-electron chi connectivity index (χ1n) is 5.61. The van der Waals surface area contributed by atoms with E-state index in [9.17, 15) is 9.59 Å². The number of aromatic nitrogens is 2. The van der Waals surface area contributed by atoms with Crippen LogP contribution >= 0.6 is 0 Å². The number of nitrogens with zero attached hydrogens (tertiary/aromatic N) is 1. The van der Waals surface area contributed by atoms with E-state index in [4.69, 9.17) is 0 Å². The molecule has 0 saturated heterocycles. The van der Waals surface area contributed by atoms with Crippen LogP contribution in [0.15, 0.2) is 15.7 Å². The fourth-order valence-electron chi connectivity index (χ4n) is 2.14. The predicted molar refractivity (Wildman–Crippen MR) is 56.2 cm³/mol. The molecule has 80 valence electrons. The lowest BCUT2D eigenvalue weighted by Gasteiger charge is -2.25. The Bertz CT molecular complexity index is 461. The minimum atomic E-state index is -0.216. The third-order valence-electron chi connectivity index (χ3n) is 3.44. The van der Waals surface area contributed by atoms with E-state index in [1.165, 1.54) is 11.0 Å². The molecule has 4 nitrogen and oxygen atoms in total. The minimum absolute atomic E-state index is 0.122. The number of aromatic amines is 1. The summed E-state index contributed by atoms with van der Waals surface area (Å²) in [4.78, 5) is 26.3. The van der Waals surface area contributed by atoms with Gasteiger partial charge in [-0.15, -0.1) is 0 Å². The normalized spacial score (nSPS) is 21.3. The zero-order valence-corrected chi connectivity index (χ0v) is 8.53. The van der Waals surface area contributed by atoms with Crippen LogP contribution in [-0.4, -0.2) is 9.55 Å². The lowest BCUT2D eigenvalue weighted by molar-refractivity contribution is 0.407. The van der Waals surface area contributed by atoms with Crippen molar-refractivity contribution in [3.05, 3.63) is 32.6 Å². The second-order valence-electron chi connectivity index (χ2n) is 4.60. The molecule has 4 heteroatoms. The van der Waals surface area contributed by atoms with Crippen molar-refractivity contribution >= 4 is 0 Å². The maximum Gasteiger partial charge on any atom is 0.328 e. The largest absolute Gasteiger partial charge is 0.328 e. The molecule has 0 spiro atoms. The van der Waals surface area contributed by atoms with Gasteiger partial charge in [0.15, 0.2) is 0 Å². The minimum Gasteiger partial charge on any atom is -0.311 e. The molecule has 0 aromatic carbocycles. The van der Waals surface area contributed by atoms with Gasteiger partial charge in [-0.1, -0.05) is 6.42 Å². The summed E-state index contributed by atoms with van der Waals surface area (Å²) >= 11 is 0. The van der Waals surface area contributed by atoms with E-state index in [2.05, 4.69) is 4.98 Å². The molecule has 0 atom stereocenters. The van der Waals surface area contributed by atoms with Crippen LogP contribution in [0.4, 0.5) is 0 Å². The molecule has 0 radical (unpaired) electrons. The molecule has 1 heterocycles. The molecule has 2 aliphatic rings.